The minimum absolute atomic E-state index is 0.408. The van der Waals surface area contributed by atoms with E-state index in [2.05, 4.69) is 15.0 Å². The molecule has 7 nitrogen and oxygen atoms in total. The molecule has 0 saturated carbocycles. The van der Waals surface area contributed by atoms with E-state index in [9.17, 15) is 9.59 Å². The number of benzene rings is 1. The van der Waals surface area contributed by atoms with Crippen LogP contribution in [0.2, 0.25) is 0 Å². The fourth-order valence-corrected chi connectivity index (χ4v) is 2.49. The summed E-state index contributed by atoms with van der Waals surface area (Å²) in [6.45, 7) is -0.00958. The third-order valence-corrected chi connectivity index (χ3v) is 3.69. The summed E-state index contributed by atoms with van der Waals surface area (Å²) >= 11 is 0. The van der Waals surface area contributed by atoms with Crippen LogP contribution in [-0.2, 0) is 16.0 Å². The molecule has 3 rings (SSSR count). The van der Waals surface area contributed by atoms with Crippen molar-refractivity contribution < 1.29 is 14.3 Å². The van der Waals surface area contributed by atoms with Crippen molar-refractivity contribution in [1.82, 2.24) is 14.9 Å². The third-order valence-electron chi connectivity index (χ3n) is 3.69. The normalized spacial score (nSPS) is 10.6. The first-order valence-electron chi connectivity index (χ1n) is 7.84. The van der Waals surface area contributed by atoms with Crippen LogP contribution < -0.4 is 11.1 Å². The van der Waals surface area contributed by atoms with E-state index in [1.807, 2.05) is 53.2 Å². The van der Waals surface area contributed by atoms with Gasteiger partial charge in [-0.2, -0.15) is 0 Å². The Balaban J connectivity index is 1.57. The van der Waals surface area contributed by atoms with Crippen molar-refractivity contribution >= 4 is 23.0 Å². The molecule has 128 valence electrons. The number of ether oxygens (including phenoxy) is 1. The molecule has 2 heterocycles. The molecule has 0 fully saturated rings. The average Bonchev–Trinajstić information content (AvgIpc) is 3.05. The number of carbonyl (C=O) groups excluding carboxylic acids is 2. The Morgan fingerprint density at radius 2 is 1.96 bits per heavy atom. The lowest BCUT2D eigenvalue weighted by molar-refractivity contribution is -0.120. The molecule has 7 heteroatoms. The molecule has 0 unspecified atom stereocenters. The first-order chi connectivity index (χ1) is 12.1. The van der Waals surface area contributed by atoms with Gasteiger partial charge in [0.15, 0.2) is 6.61 Å². The standard InChI is InChI=1S/C18H18N4O3/c19-16(23)12-25-18(24)21-10-7-13-3-5-15(6-4-13)22-11-8-14-2-1-9-20-17(14)22/h1-6,8-9,11H,7,10,12H2,(H2,19,23)(H,21,24). The summed E-state index contributed by atoms with van der Waals surface area (Å²) in [7, 11) is 0. The number of hydrogen-bond acceptors (Lipinski definition) is 4. The Hall–Kier alpha value is -3.35. The van der Waals surface area contributed by atoms with Gasteiger partial charge in [0.05, 0.1) is 0 Å². The number of primary amides is 1. The molecule has 0 aliphatic heterocycles. The molecule has 0 atom stereocenters. The third kappa shape index (κ3) is 4.14. The maximum atomic E-state index is 11.3. The second-order valence-corrected chi connectivity index (χ2v) is 5.49. The summed E-state index contributed by atoms with van der Waals surface area (Å²) in [6.07, 6.45) is 3.76. The summed E-state index contributed by atoms with van der Waals surface area (Å²) in [5.74, 6) is -0.683. The van der Waals surface area contributed by atoms with E-state index < -0.39 is 18.6 Å². The van der Waals surface area contributed by atoms with Crippen molar-refractivity contribution in [1.29, 1.82) is 0 Å². The molecule has 3 N–H and O–H groups in total. The number of amides is 2. The van der Waals surface area contributed by atoms with Gasteiger partial charge in [0.25, 0.3) is 5.91 Å². The van der Waals surface area contributed by atoms with E-state index in [1.54, 1.807) is 6.20 Å². The fourth-order valence-electron chi connectivity index (χ4n) is 2.49. The number of hydrogen-bond donors (Lipinski definition) is 2. The molecular weight excluding hydrogens is 320 g/mol. The SMILES string of the molecule is NC(=O)COC(=O)NCCc1ccc(-n2ccc3cccnc32)cc1. The summed E-state index contributed by atoms with van der Waals surface area (Å²) in [4.78, 5) is 26.2. The lowest BCUT2D eigenvalue weighted by Gasteiger charge is -2.08. The Morgan fingerprint density at radius 1 is 1.16 bits per heavy atom. The van der Waals surface area contributed by atoms with Gasteiger partial charge in [0.2, 0.25) is 0 Å². The van der Waals surface area contributed by atoms with Crippen molar-refractivity contribution in [3.63, 3.8) is 0 Å². The van der Waals surface area contributed by atoms with Crippen molar-refractivity contribution in [2.45, 2.75) is 6.42 Å². The minimum Gasteiger partial charge on any atom is -0.439 e. The lowest BCUT2D eigenvalue weighted by Crippen LogP contribution is -2.30. The van der Waals surface area contributed by atoms with Crippen LogP contribution in [0.5, 0.6) is 0 Å². The largest absolute Gasteiger partial charge is 0.439 e. The molecule has 0 bridgehead atoms. The maximum Gasteiger partial charge on any atom is 0.407 e. The number of fused-ring (bicyclic) bond motifs is 1. The number of carbonyl (C=O) groups is 2. The molecule has 1 aromatic carbocycles. The summed E-state index contributed by atoms with van der Waals surface area (Å²) in [5, 5.41) is 3.66. The number of nitrogens with one attached hydrogen (secondary N) is 1. The number of nitrogens with zero attached hydrogens (tertiary/aromatic N) is 2. The van der Waals surface area contributed by atoms with Crippen LogP contribution in [0, 0.1) is 0 Å². The Morgan fingerprint density at radius 3 is 2.72 bits per heavy atom. The molecule has 3 aromatic rings. The summed E-state index contributed by atoms with van der Waals surface area (Å²) < 4.78 is 6.64. The van der Waals surface area contributed by atoms with Crippen LogP contribution in [0.1, 0.15) is 5.56 Å². The van der Waals surface area contributed by atoms with Gasteiger partial charge < -0.3 is 20.4 Å². The van der Waals surface area contributed by atoms with Gasteiger partial charge in [0.1, 0.15) is 5.65 Å². The van der Waals surface area contributed by atoms with E-state index in [0.29, 0.717) is 13.0 Å². The molecule has 0 aliphatic carbocycles. The monoisotopic (exact) mass is 338 g/mol. The zero-order chi connectivity index (χ0) is 17.6. The highest BCUT2D eigenvalue weighted by Gasteiger charge is 2.05. The quantitative estimate of drug-likeness (QED) is 0.715. The van der Waals surface area contributed by atoms with Crippen molar-refractivity contribution in [2.75, 3.05) is 13.2 Å². The number of rotatable bonds is 6. The molecule has 0 aliphatic rings. The smallest absolute Gasteiger partial charge is 0.407 e. The second-order valence-electron chi connectivity index (χ2n) is 5.49. The molecule has 2 amide bonds. The Labute approximate surface area is 144 Å². The highest BCUT2D eigenvalue weighted by Crippen LogP contribution is 2.18. The minimum atomic E-state index is -0.683. The maximum absolute atomic E-state index is 11.3. The Kier molecular flexibility index (Phi) is 4.94. The number of aromatic nitrogens is 2. The van der Waals surface area contributed by atoms with E-state index in [0.717, 1.165) is 22.3 Å². The van der Waals surface area contributed by atoms with Gasteiger partial charge in [-0.15, -0.1) is 0 Å². The number of nitrogens with two attached hydrogens (primary N) is 1. The molecular formula is C18H18N4O3. The zero-order valence-corrected chi connectivity index (χ0v) is 13.5. The number of alkyl carbamates (subject to hydrolysis) is 1. The van der Waals surface area contributed by atoms with Crippen molar-refractivity contribution in [3.05, 3.63) is 60.4 Å². The van der Waals surface area contributed by atoms with E-state index in [1.165, 1.54) is 0 Å². The highest BCUT2D eigenvalue weighted by molar-refractivity contribution is 5.78. The van der Waals surface area contributed by atoms with E-state index in [-0.39, 0.29) is 0 Å². The van der Waals surface area contributed by atoms with Crippen LogP contribution in [0.15, 0.2) is 54.9 Å². The van der Waals surface area contributed by atoms with Crippen LogP contribution in [0.3, 0.4) is 0 Å². The van der Waals surface area contributed by atoms with Crippen LogP contribution in [-0.4, -0.2) is 34.7 Å². The predicted molar refractivity (Wildman–Crippen MR) is 93.3 cm³/mol. The highest BCUT2D eigenvalue weighted by atomic mass is 16.6. The lowest BCUT2D eigenvalue weighted by atomic mass is 10.1. The molecule has 0 radical (unpaired) electrons. The van der Waals surface area contributed by atoms with Gasteiger partial charge in [-0.05, 0) is 42.3 Å². The molecule has 0 spiro atoms. The van der Waals surface area contributed by atoms with Gasteiger partial charge in [-0.25, -0.2) is 9.78 Å². The molecule has 2 aromatic heterocycles. The fraction of sp³-hybridized carbons (Fsp3) is 0.167. The topological polar surface area (TPSA) is 99.2 Å². The number of pyridine rings is 1. The van der Waals surface area contributed by atoms with Crippen LogP contribution in [0.25, 0.3) is 16.7 Å². The molecule has 0 saturated heterocycles. The van der Waals surface area contributed by atoms with Gasteiger partial charge in [0, 0.05) is 30.0 Å². The summed E-state index contributed by atoms with van der Waals surface area (Å²) in [6, 6.07) is 14.0. The molecule has 25 heavy (non-hydrogen) atoms. The van der Waals surface area contributed by atoms with E-state index >= 15 is 0 Å². The van der Waals surface area contributed by atoms with Gasteiger partial charge >= 0.3 is 6.09 Å². The second kappa shape index (κ2) is 7.48. The van der Waals surface area contributed by atoms with Crippen LogP contribution in [0.4, 0.5) is 4.79 Å². The van der Waals surface area contributed by atoms with Gasteiger partial charge in [-0.3, -0.25) is 4.79 Å². The Bertz CT molecular complexity index is 887. The predicted octanol–water partition coefficient (Wildman–Crippen LogP) is 1.78. The van der Waals surface area contributed by atoms with Crippen LogP contribution >= 0.6 is 0 Å². The first-order valence-corrected chi connectivity index (χ1v) is 7.84. The van der Waals surface area contributed by atoms with Gasteiger partial charge in [-0.1, -0.05) is 12.1 Å². The average molecular weight is 338 g/mol. The van der Waals surface area contributed by atoms with Crippen molar-refractivity contribution in [3.8, 4) is 5.69 Å². The first kappa shape index (κ1) is 16.5. The van der Waals surface area contributed by atoms with E-state index in [4.69, 9.17) is 5.73 Å². The summed E-state index contributed by atoms with van der Waals surface area (Å²) in [5.41, 5.74) is 7.90. The zero-order valence-electron chi connectivity index (χ0n) is 13.5. The van der Waals surface area contributed by atoms with Crippen molar-refractivity contribution in [2.24, 2.45) is 5.73 Å².